The van der Waals surface area contributed by atoms with Crippen LogP contribution in [0.3, 0.4) is 0 Å². The van der Waals surface area contributed by atoms with Crippen molar-refractivity contribution in [2.24, 2.45) is 0 Å². The van der Waals surface area contributed by atoms with Crippen molar-refractivity contribution in [3.05, 3.63) is 35.4 Å². The average molecular weight is 275 g/mol. The third kappa shape index (κ3) is 3.79. The van der Waals surface area contributed by atoms with E-state index in [0.29, 0.717) is 0 Å². The quantitative estimate of drug-likeness (QED) is 0.884. The van der Waals surface area contributed by atoms with Crippen LogP contribution in [0.15, 0.2) is 24.3 Å². The molecule has 0 amide bonds. The molecule has 0 radical (unpaired) electrons. The number of hydrogen-bond acceptors (Lipinski definition) is 4. The first-order valence-corrected chi connectivity index (χ1v) is 7.72. The van der Waals surface area contributed by atoms with E-state index in [1.807, 2.05) is 0 Å². The van der Waals surface area contributed by atoms with Gasteiger partial charge in [-0.15, -0.1) is 0 Å². The highest BCUT2D eigenvalue weighted by molar-refractivity contribution is 5.27. The molecule has 2 aliphatic rings. The summed E-state index contributed by atoms with van der Waals surface area (Å²) in [6, 6.07) is 8.90. The van der Waals surface area contributed by atoms with Gasteiger partial charge in [-0.25, -0.2) is 0 Å². The maximum absolute atomic E-state index is 5.43. The lowest BCUT2D eigenvalue weighted by atomic mass is 10.1. The van der Waals surface area contributed by atoms with E-state index in [9.17, 15) is 0 Å². The van der Waals surface area contributed by atoms with Crippen LogP contribution in [-0.4, -0.2) is 62.3 Å². The summed E-state index contributed by atoms with van der Waals surface area (Å²) in [4.78, 5) is 5.05. The maximum Gasteiger partial charge on any atom is 0.0594 e. The molecule has 4 heteroatoms. The average Bonchev–Trinajstić information content (AvgIpc) is 2.51. The highest BCUT2D eigenvalue weighted by Gasteiger charge is 2.15. The van der Waals surface area contributed by atoms with Gasteiger partial charge >= 0.3 is 0 Å². The zero-order chi connectivity index (χ0) is 13.6. The Bertz CT molecular complexity index is 373. The molecule has 2 aliphatic heterocycles. The van der Waals surface area contributed by atoms with E-state index in [4.69, 9.17) is 4.74 Å². The zero-order valence-corrected chi connectivity index (χ0v) is 12.2. The Morgan fingerprint density at radius 1 is 0.850 bits per heavy atom. The van der Waals surface area contributed by atoms with E-state index < -0.39 is 0 Å². The molecule has 2 saturated heterocycles. The van der Waals surface area contributed by atoms with Gasteiger partial charge in [-0.3, -0.25) is 9.80 Å². The first kappa shape index (κ1) is 14.0. The predicted octanol–water partition coefficient (Wildman–Crippen LogP) is 0.924. The fourth-order valence-electron chi connectivity index (χ4n) is 2.98. The van der Waals surface area contributed by atoms with Crippen molar-refractivity contribution >= 4 is 0 Å². The number of piperazine rings is 1. The second-order valence-electron chi connectivity index (χ2n) is 5.68. The Morgan fingerprint density at radius 2 is 1.40 bits per heavy atom. The Kier molecular flexibility index (Phi) is 5.03. The van der Waals surface area contributed by atoms with Crippen LogP contribution in [0.25, 0.3) is 0 Å². The fourth-order valence-corrected chi connectivity index (χ4v) is 2.98. The van der Waals surface area contributed by atoms with Gasteiger partial charge in [0.05, 0.1) is 13.2 Å². The van der Waals surface area contributed by atoms with E-state index >= 15 is 0 Å². The molecule has 0 unspecified atom stereocenters. The van der Waals surface area contributed by atoms with E-state index in [1.165, 1.54) is 11.1 Å². The molecular weight excluding hydrogens is 250 g/mol. The van der Waals surface area contributed by atoms with Crippen LogP contribution in [0, 0.1) is 0 Å². The van der Waals surface area contributed by atoms with Gasteiger partial charge in [0, 0.05) is 52.4 Å². The SMILES string of the molecule is c1ccc(CN2CCOCC2)c(CN2CCNCC2)c1. The normalized spacial score (nSPS) is 22.0. The van der Waals surface area contributed by atoms with Crippen LogP contribution in [0.4, 0.5) is 0 Å². The van der Waals surface area contributed by atoms with Gasteiger partial charge in [-0.2, -0.15) is 0 Å². The Balaban J connectivity index is 1.63. The van der Waals surface area contributed by atoms with Crippen molar-refractivity contribution in [2.75, 3.05) is 52.5 Å². The first-order valence-electron chi connectivity index (χ1n) is 7.72. The molecule has 2 heterocycles. The van der Waals surface area contributed by atoms with E-state index in [-0.39, 0.29) is 0 Å². The first-order chi connectivity index (χ1) is 9.92. The van der Waals surface area contributed by atoms with Gasteiger partial charge in [0.25, 0.3) is 0 Å². The van der Waals surface area contributed by atoms with Gasteiger partial charge < -0.3 is 10.1 Å². The molecule has 1 N–H and O–H groups in total. The monoisotopic (exact) mass is 275 g/mol. The molecule has 0 saturated carbocycles. The molecule has 20 heavy (non-hydrogen) atoms. The standard InChI is InChI=1S/C16H25N3O/c1-2-4-16(14-19-9-11-20-12-10-19)15(3-1)13-18-7-5-17-6-8-18/h1-4,17H,5-14H2. The zero-order valence-electron chi connectivity index (χ0n) is 12.2. The molecule has 1 aromatic carbocycles. The van der Waals surface area contributed by atoms with Crippen LogP contribution in [0.1, 0.15) is 11.1 Å². The minimum Gasteiger partial charge on any atom is -0.379 e. The molecule has 4 nitrogen and oxygen atoms in total. The Hall–Kier alpha value is -0.940. The summed E-state index contributed by atoms with van der Waals surface area (Å²) in [6.07, 6.45) is 0. The molecule has 0 bridgehead atoms. The van der Waals surface area contributed by atoms with Crippen molar-refractivity contribution < 1.29 is 4.74 Å². The molecule has 110 valence electrons. The highest BCUT2D eigenvalue weighted by atomic mass is 16.5. The molecular formula is C16H25N3O. The summed E-state index contributed by atoms with van der Waals surface area (Å²) >= 11 is 0. The number of rotatable bonds is 4. The summed E-state index contributed by atoms with van der Waals surface area (Å²) in [7, 11) is 0. The third-order valence-corrected chi connectivity index (χ3v) is 4.22. The number of morpholine rings is 1. The van der Waals surface area contributed by atoms with Gasteiger partial charge in [0.1, 0.15) is 0 Å². The summed E-state index contributed by atoms with van der Waals surface area (Å²) in [5, 5.41) is 3.42. The maximum atomic E-state index is 5.43. The molecule has 2 fully saturated rings. The lowest BCUT2D eigenvalue weighted by molar-refractivity contribution is 0.0340. The molecule has 1 aromatic rings. The summed E-state index contributed by atoms with van der Waals surface area (Å²) in [5.41, 5.74) is 2.97. The van der Waals surface area contributed by atoms with Crippen LogP contribution >= 0.6 is 0 Å². The van der Waals surface area contributed by atoms with E-state index in [0.717, 1.165) is 65.6 Å². The van der Waals surface area contributed by atoms with Crippen LogP contribution in [0.5, 0.6) is 0 Å². The Labute approximate surface area is 121 Å². The number of benzene rings is 1. The van der Waals surface area contributed by atoms with Crippen molar-refractivity contribution in [3.8, 4) is 0 Å². The number of hydrogen-bond donors (Lipinski definition) is 1. The Morgan fingerprint density at radius 3 is 2.00 bits per heavy atom. The lowest BCUT2D eigenvalue weighted by Crippen LogP contribution is -2.43. The smallest absolute Gasteiger partial charge is 0.0594 e. The van der Waals surface area contributed by atoms with Crippen molar-refractivity contribution in [1.82, 2.24) is 15.1 Å². The van der Waals surface area contributed by atoms with Gasteiger partial charge in [-0.05, 0) is 11.1 Å². The summed E-state index contributed by atoms with van der Waals surface area (Å²) < 4.78 is 5.43. The fraction of sp³-hybridized carbons (Fsp3) is 0.625. The molecule has 0 aromatic heterocycles. The predicted molar refractivity (Wildman–Crippen MR) is 80.7 cm³/mol. The van der Waals surface area contributed by atoms with E-state index in [2.05, 4.69) is 39.4 Å². The minimum absolute atomic E-state index is 0.875. The summed E-state index contributed by atoms with van der Waals surface area (Å²) in [5.74, 6) is 0. The van der Waals surface area contributed by atoms with E-state index in [1.54, 1.807) is 0 Å². The molecule has 0 spiro atoms. The van der Waals surface area contributed by atoms with Crippen molar-refractivity contribution in [3.63, 3.8) is 0 Å². The largest absolute Gasteiger partial charge is 0.379 e. The van der Waals surface area contributed by atoms with Crippen LogP contribution in [0.2, 0.25) is 0 Å². The molecule has 3 rings (SSSR count). The summed E-state index contributed by atoms with van der Waals surface area (Å²) in [6.45, 7) is 10.6. The molecule has 0 atom stereocenters. The molecule has 0 aliphatic carbocycles. The minimum atomic E-state index is 0.875. The third-order valence-electron chi connectivity index (χ3n) is 4.22. The van der Waals surface area contributed by atoms with Crippen molar-refractivity contribution in [2.45, 2.75) is 13.1 Å². The second-order valence-corrected chi connectivity index (χ2v) is 5.68. The van der Waals surface area contributed by atoms with Gasteiger partial charge in [0.15, 0.2) is 0 Å². The van der Waals surface area contributed by atoms with Crippen LogP contribution < -0.4 is 5.32 Å². The number of ether oxygens (including phenoxy) is 1. The number of nitrogens with one attached hydrogen (secondary N) is 1. The van der Waals surface area contributed by atoms with Crippen molar-refractivity contribution in [1.29, 1.82) is 0 Å². The van der Waals surface area contributed by atoms with Crippen LogP contribution in [-0.2, 0) is 17.8 Å². The number of nitrogens with zero attached hydrogens (tertiary/aromatic N) is 2. The lowest BCUT2D eigenvalue weighted by Gasteiger charge is -2.30. The second kappa shape index (κ2) is 7.18. The van der Waals surface area contributed by atoms with Gasteiger partial charge in [0.2, 0.25) is 0 Å². The highest BCUT2D eigenvalue weighted by Crippen LogP contribution is 2.15. The van der Waals surface area contributed by atoms with Gasteiger partial charge in [-0.1, -0.05) is 24.3 Å². The topological polar surface area (TPSA) is 27.7 Å².